The zero-order valence-corrected chi connectivity index (χ0v) is 12.8. The first-order chi connectivity index (χ1) is 10.3. The van der Waals surface area contributed by atoms with Crippen LogP contribution < -0.4 is 14.8 Å². The fraction of sp³-hybridized carbons (Fsp3) is 0.333. The molecule has 2 rings (SSSR count). The minimum absolute atomic E-state index is 0.679. The number of hydrogen-bond donors (Lipinski definition) is 1. The molecule has 0 radical (unpaired) electrons. The summed E-state index contributed by atoms with van der Waals surface area (Å²) < 4.78 is 11.4. The Balaban J connectivity index is 1.80. The Morgan fingerprint density at radius 3 is 2.00 bits per heavy atom. The molecule has 112 valence electrons. The molecule has 0 atom stereocenters. The zero-order chi connectivity index (χ0) is 14.9. The molecule has 21 heavy (non-hydrogen) atoms. The van der Waals surface area contributed by atoms with E-state index in [0.29, 0.717) is 6.61 Å². The van der Waals surface area contributed by atoms with Gasteiger partial charge in [-0.2, -0.15) is 0 Å². The van der Waals surface area contributed by atoms with E-state index in [9.17, 15) is 0 Å². The standard InChI is InChI=1S/C18H23NO2/c1-3-12-19-13-14-20-16-8-10-18(11-9-16)21-17-6-4-15(2)5-7-17/h4-11,19H,3,12-14H2,1-2H3. The Labute approximate surface area is 126 Å². The van der Waals surface area contributed by atoms with Crippen molar-refractivity contribution in [2.75, 3.05) is 19.7 Å². The summed E-state index contributed by atoms with van der Waals surface area (Å²) in [6.07, 6.45) is 1.14. The molecule has 3 heteroatoms. The van der Waals surface area contributed by atoms with Gasteiger partial charge in [0, 0.05) is 6.54 Å². The maximum absolute atomic E-state index is 5.78. The SMILES string of the molecule is CCCNCCOc1ccc(Oc2ccc(C)cc2)cc1. The lowest BCUT2D eigenvalue weighted by molar-refractivity contribution is 0.314. The van der Waals surface area contributed by atoms with Crippen molar-refractivity contribution >= 4 is 0 Å². The number of hydrogen-bond acceptors (Lipinski definition) is 3. The normalized spacial score (nSPS) is 10.4. The highest BCUT2D eigenvalue weighted by molar-refractivity contribution is 5.36. The minimum Gasteiger partial charge on any atom is -0.492 e. The maximum atomic E-state index is 5.78. The maximum Gasteiger partial charge on any atom is 0.127 e. The lowest BCUT2D eigenvalue weighted by Gasteiger charge is -2.09. The number of nitrogens with one attached hydrogen (secondary N) is 1. The topological polar surface area (TPSA) is 30.5 Å². The van der Waals surface area contributed by atoms with E-state index in [1.54, 1.807) is 0 Å². The average Bonchev–Trinajstić information content (AvgIpc) is 2.51. The Hall–Kier alpha value is -2.00. The smallest absolute Gasteiger partial charge is 0.127 e. The highest BCUT2D eigenvalue weighted by Gasteiger charge is 1.98. The molecule has 0 heterocycles. The van der Waals surface area contributed by atoms with E-state index < -0.39 is 0 Å². The van der Waals surface area contributed by atoms with Gasteiger partial charge in [-0.1, -0.05) is 24.6 Å². The quantitative estimate of drug-likeness (QED) is 0.739. The predicted octanol–water partition coefficient (Wildman–Crippen LogP) is 4.17. The van der Waals surface area contributed by atoms with Crippen LogP contribution >= 0.6 is 0 Å². The van der Waals surface area contributed by atoms with Crippen molar-refractivity contribution in [3.8, 4) is 17.2 Å². The van der Waals surface area contributed by atoms with Crippen molar-refractivity contribution in [2.45, 2.75) is 20.3 Å². The van der Waals surface area contributed by atoms with Gasteiger partial charge in [-0.15, -0.1) is 0 Å². The van der Waals surface area contributed by atoms with Crippen molar-refractivity contribution < 1.29 is 9.47 Å². The van der Waals surface area contributed by atoms with Gasteiger partial charge in [0.25, 0.3) is 0 Å². The van der Waals surface area contributed by atoms with Crippen LogP contribution in [0.4, 0.5) is 0 Å². The monoisotopic (exact) mass is 285 g/mol. The largest absolute Gasteiger partial charge is 0.492 e. The van der Waals surface area contributed by atoms with Gasteiger partial charge in [0.1, 0.15) is 23.9 Å². The van der Waals surface area contributed by atoms with Crippen molar-refractivity contribution in [1.82, 2.24) is 5.32 Å². The van der Waals surface area contributed by atoms with Crippen LogP contribution in [0.15, 0.2) is 48.5 Å². The molecule has 3 nitrogen and oxygen atoms in total. The van der Waals surface area contributed by atoms with Gasteiger partial charge in [-0.05, 0) is 56.3 Å². The molecule has 2 aromatic carbocycles. The number of aryl methyl sites for hydroxylation is 1. The Morgan fingerprint density at radius 2 is 1.38 bits per heavy atom. The molecular formula is C18H23NO2. The molecule has 0 unspecified atom stereocenters. The third kappa shape index (κ3) is 5.48. The van der Waals surface area contributed by atoms with Crippen LogP contribution in [0, 0.1) is 6.92 Å². The van der Waals surface area contributed by atoms with E-state index in [1.807, 2.05) is 48.5 Å². The summed E-state index contributed by atoms with van der Waals surface area (Å²) in [7, 11) is 0. The molecule has 1 N–H and O–H groups in total. The van der Waals surface area contributed by atoms with Crippen LogP contribution in [0.3, 0.4) is 0 Å². The van der Waals surface area contributed by atoms with Gasteiger partial charge in [0.2, 0.25) is 0 Å². The fourth-order valence-corrected chi connectivity index (χ4v) is 1.89. The molecule has 0 aliphatic carbocycles. The molecule has 0 saturated carbocycles. The summed E-state index contributed by atoms with van der Waals surface area (Å²) in [6.45, 7) is 6.80. The zero-order valence-electron chi connectivity index (χ0n) is 12.8. The first-order valence-electron chi connectivity index (χ1n) is 7.46. The molecule has 0 bridgehead atoms. The first kappa shape index (κ1) is 15.4. The molecule has 0 aliphatic rings. The van der Waals surface area contributed by atoms with E-state index in [4.69, 9.17) is 9.47 Å². The van der Waals surface area contributed by atoms with E-state index in [-0.39, 0.29) is 0 Å². The Morgan fingerprint density at radius 1 is 0.810 bits per heavy atom. The van der Waals surface area contributed by atoms with Gasteiger partial charge < -0.3 is 14.8 Å². The molecule has 0 fully saturated rings. The van der Waals surface area contributed by atoms with Gasteiger partial charge >= 0.3 is 0 Å². The second-order valence-corrected chi connectivity index (χ2v) is 4.98. The van der Waals surface area contributed by atoms with Gasteiger partial charge in [-0.25, -0.2) is 0 Å². The van der Waals surface area contributed by atoms with E-state index in [0.717, 1.165) is 36.8 Å². The summed E-state index contributed by atoms with van der Waals surface area (Å²) in [6, 6.07) is 15.7. The summed E-state index contributed by atoms with van der Waals surface area (Å²) in [5, 5.41) is 3.30. The third-order valence-corrected chi connectivity index (χ3v) is 3.05. The Kier molecular flexibility index (Phi) is 6.10. The van der Waals surface area contributed by atoms with E-state index in [2.05, 4.69) is 19.2 Å². The van der Waals surface area contributed by atoms with Crippen LogP contribution in [0.25, 0.3) is 0 Å². The van der Waals surface area contributed by atoms with Gasteiger partial charge in [0.05, 0.1) is 0 Å². The molecule has 0 aliphatic heterocycles. The third-order valence-electron chi connectivity index (χ3n) is 3.05. The minimum atomic E-state index is 0.679. The number of rotatable bonds is 8. The summed E-state index contributed by atoms with van der Waals surface area (Å²) in [4.78, 5) is 0. The van der Waals surface area contributed by atoms with Crippen molar-refractivity contribution in [1.29, 1.82) is 0 Å². The van der Waals surface area contributed by atoms with Crippen LogP contribution in [0.1, 0.15) is 18.9 Å². The molecule has 0 aromatic heterocycles. The molecule has 2 aromatic rings. The lowest BCUT2D eigenvalue weighted by atomic mass is 10.2. The highest BCUT2D eigenvalue weighted by atomic mass is 16.5. The molecule has 0 amide bonds. The second-order valence-electron chi connectivity index (χ2n) is 4.98. The van der Waals surface area contributed by atoms with Crippen molar-refractivity contribution in [3.05, 3.63) is 54.1 Å². The van der Waals surface area contributed by atoms with Crippen LogP contribution in [-0.4, -0.2) is 19.7 Å². The molecule has 0 saturated heterocycles. The predicted molar refractivity (Wildman–Crippen MR) is 86.4 cm³/mol. The van der Waals surface area contributed by atoms with Crippen molar-refractivity contribution in [2.24, 2.45) is 0 Å². The van der Waals surface area contributed by atoms with Crippen LogP contribution in [0.2, 0.25) is 0 Å². The van der Waals surface area contributed by atoms with Crippen LogP contribution in [0.5, 0.6) is 17.2 Å². The van der Waals surface area contributed by atoms with Gasteiger partial charge in [-0.3, -0.25) is 0 Å². The first-order valence-corrected chi connectivity index (χ1v) is 7.46. The average molecular weight is 285 g/mol. The number of benzene rings is 2. The highest BCUT2D eigenvalue weighted by Crippen LogP contribution is 2.23. The van der Waals surface area contributed by atoms with Crippen molar-refractivity contribution in [3.63, 3.8) is 0 Å². The second kappa shape index (κ2) is 8.32. The summed E-state index contributed by atoms with van der Waals surface area (Å²) in [5.74, 6) is 2.53. The number of ether oxygens (including phenoxy) is 2. The lowest BCUT2D eigenvalue weighted by Crippen LogP contribution is -2.21. The Bertz CT molecular complexity index is 520. The van der Waals surface area contributed by atoms with E-state index >= 15 is 0 Å². The van der Waals surface area contributed by atoms with Crippen LogP contribution in [-0.2, 0) is 0 Å². The molecule has 0 spiro atoms. The van der Waals surface area contributed by atoms with Gasteiger partial charge in [0.15, 0.2) is 0 Å². The summed E-state index contributed by atoms with van der Waals surface area (Å²) >= 11 is 0. The molecular weight excluding hydrogens is 262 g/mol. The summed E-state index contributed by atoms with van der Waals surface area (Å²) in [5.41, 5.74) is 1.22. The van der Waals surface area contributed by atoms with E-state index in [1.165, 1.54) is 5.56 Å². The fourth-order valence-electron chi connectivity index (χ4n) is 1.89.